The van der Waals surface area contributed by atoms with Crippen LogP contribution in [0.5, 0.6) is 0 Å². The van der Waals surface area contributed by atoms with E-state index in [1.54, 1.807) is 7.05 Å². The van der Waals surface area contributed by atoms with E-state index in [9.17, 15) is 13.6 Å². The standard InChI is InChI=1S/C21H25F2N5O/c1-15(29)26-18-5-3-4-16(12-18)14-25-21(24-2)28-10-8-27(9-11-28)20-13-17(22)6-7-19(20)23/h3-7,12-13H,8-11,14H2,1-2H3,(H,24,25)(H,26,29). The fourth-order valence-corrected chi connectivity index (χ4v) is 3.36. The highest BCUT2D eigenvalue weighted by molar-refractivity contribution is 5.88. The van der Waals surface area contributed by atoms with E-state index in [4.69, 9.17) is 0 Å². The molecule has 0 unspecified atom stereocenters. The molecule has 0 saturated carbocycles. The van der Waals surface area contributed by atoms with Gasteiger partial charge in [-0.3, -0.25) is 9.79 Å². The lowest BCUT2D eigenvalue weighted by molar-refractivity contribution is -0.114. The first-order valence-corrected chi connectivity index (χ1v) is 9.48. The zero-order chi connectivity index (χ0) is 20.8. The van der Waals surface area contributed by atoms with Gasteiger partial charge in [-0.15, -0.1) is 0 Å². The lowest BCUT2D eigenvalue weighted by Gasteiger charge is -2.37. The Bertz CT molecular complexity index is 894. The second-order valence-electron chi connectivity index (χ2n) is 6.85. The fourth-order valence-electron chi connectivity index (χ4n) is 3.36. The van der Waals surface area contributed by atoms with Crippen molar-refractivity contribution in [2.75, 3.05) is 43.4 Å². The van der Waals surface area contributed by atoms with Crippen molar-refractivity contribution >= 4 is 23.2 Å². The van der Waals surface area contributed by atoms with Crippen LogP contribution in [0.2, 0.25) is 0 Å². The van der Waals surface area contributed by atoms with Crippen LogP contribution in [0.25, 0.3) is 0 Å². The van der Waals surface area contributed by atoms with E-state index in [1.165, 1.54) is 13.0 Å². The minimum atomic E-state index is -0.442. The molecule has 0 spiro atoms. The van der Waals surface area contributed by atoms with Crippen LogP contribution in [-0.2, 0) is 11.3 Å². The van der Waals surface area contributed by atoms with E-state index < -0.39 is 11.6 Å². The maximum absolute atomic E-state index is 14.0. The number of aliphatic imine (C=N–C) groups is 1. The maximum Gasteiger partial charge on any atom is 0.221 e. The van der Waals surface area contributed by atoms with Crippen LogP contribution in [-0.4, -0.2) is 50.0 Å². The van der Waals surface area contributed by atoms with Gasteiger partial charge in [0.25, 0.3) is 0 Å². The number of carbonyl (C=O) groups is 1. The zero-order valence-electron chi connectivity index (χ0n) is 16.6. The van der Waals surface area contributed by atoms with Crippen molar-refractivity contribution in [1.82, 2.24) is 10.2 Å². The van der Waals surface area contributed by atoms with Crippen molar-refractivity contribution in [1.29, 1.82) is 0 Å². The van der Waals surface area contributed by atoms with Crippen molar-refractivity contribution in [2.24, 2.45) is 4.99 Å². The number of halogens is 2. The molecule has 0 aromatic heterocycles. The first kappa shape index (κ1) is 20.6. The molecular formula is C21H25F2N5O. The van der Waals surface area contributed by atoms with E-state index in [-0.39, 0.29) is 5.91 Å². The van der Waals surface area contributed by atoms with Crippen molar-refractivity contribution < 1.29 is 13.6 Å². The average Bonchev–Trinajstić information content (AvgIpc) is 2.70. The molecule has 2 aromatic carbocycles. The topological polar surface area (TPSA) is 60.0 Å². The normalized spacial score (nSPS) is 14.7. The Morgan fingerprint density at radius 2 is 1.86 bits per heavy atom. The largest absolute Gasteiger partial charge is 0.366 e. The second kappa shape index (κ2) is 9.36. The van der Waals surface area contributed by atoms with Crippen LogP contribution >= 0.6 is 0 Å². The molecule has 1 aliphatic rings. The van der Waals surface area contributed by atoms with Gasteiger partial charge in [-0.05, 0) is 29.8 Å². The number of nitrogens with zero attached hydrogens (tertiary/aromatic N) is 3. The van der Waals surface area contributed by atoms with Gasteiger partial charge < -0.3 is 20.4 Å². The molecule has 8 heteroatoms. The zero-order valence-corrected chi connectivity index (χ0v) is 16.6. The number of rotatable bonds is 4. The van der Waals surface area contributed by atoms with Gasteiger partial charge in [-0.1, -0.05) is 12.1 Å². The Kier molecular flexibility index (Phi) is 6.64. The van der Waals surface area contributed by atoms with Gasteiger partial charge in [0, 0.05) is 58.4 Å². The first-order chi connectivity index (χ1) is 14.0. The molecule has 3 rings (SSSR count). The minimum Gasteiger partial charge on any atom is -0.366 e. The summed E-state index contributed by atoms with van der Waals surface area (Å²) in [5, 5.41) is 6.09. The van der Waals surface area contributed by atoms with E-state index >= 15 is 0 Å². The van der Waals surface area contributed by atoms with Gasteiger partial charge >= 0.3 is 0 Å². The predicted molar refractivity (Wildman–Crippen MR) is 111 cm³/mol. The lowest BCUT2D eigenvalue weighted by atomic mass is 10.2. The third kappa shape index (κ3) is 5.43. The lowest BCUT2D eigenvalue weighted by Crippen LogP contribution is -2.52. The number of benzene rings is 2. The van der Waals surface area contributed by atoms with Crippen molar-refractivity contribution in [3.8, 4) is 0 Å². The van der Waals surface area contributed by atoms with Gasteiger partial charge in [0.2, 0.25) is 5.91 Å². The summed E-state index contributed by atoms with van der Waals surface area (Å²) in [5.41, 5.74) is 2.05. The summed E-state index contributed by atoms with van der Waals surface area (Å²) in [6.45, 7) is 4.45. The van der Waals surface area contributed by atoms with Gasteiger partial charge in [-0.25, -0.2) is 8.78 Å². The van der Waals surface area contributed by atoms with Gasteiger partial charge in [0.05, 0.1) is 5.69 Å². The van der Waals surface area contributed by atoms with E-state index in [2.05, 4.69) is 20.5 Å². The van der Waals surface area contributed by atoms with Crippen molar-refractivity contribution in [3.05, 3.63) is 59.7 Å². The quantitative estimate of drug-likeness (QED) is 0.611. The molecule has 1 aliphatic heterocycles. The molecule has 2 N–H and O–H groups in total. The van der Waals surface area contributed by atoms with Crippen LogP contribution in [0.15, 0.2) is 47.5 Å². The number of nitrogens with one attached hydrogen (secondary N) is 2. The van der Waals surface area contributed by atoms with E-state index in [0.29, 0.717) is 38.4 Å². The third-order valence-corrected chi connectivity index (χ3v) is 4.74. The summed E-state index contributed by atoms with van der Waals surface area (Å²) in [6, 6.07) is 11.1. The molecule has 0 aliphatic carbocycles. The van der Waals surface area contributed by atoms with Crippen LogP contribution in [0.4, 0.5) is 20.2 Å². The summed E-state index contributed by atoms with van der Waals surface area (Å²) in [6.07, 6.45) is 0. The summed E-state index contributed by atoms with van der Waals surface area (Å²) in [4.78, 5) is 19.5. The SMILES string of the molecule is CN=C(NCc1cccc(NC(C)=O)c1)N1CCN(c2cc(F)ccc2F)CC1. The van der Waals surface area contributed by atoms with E-state index in [1.807, 2.05) is 29.2 Å². The molecular weight excluding hydrogens is 376 g/mol. The van der Waals surface area contributed by atoms with Crippen molar-refractivity contribution in [2.45, 2.75) is 13.5 Å². The molecule has 6 nitrogen and oxygen atoms in total. The van der Waals surface area contributed by atoms with E-state index in [0.717, 1.165) is 29.3 Å². The monoisotopic (exact) mass is 401 g/mol. The molecule has 0 atom stereocenters. The number of hydrogen-bond acceptors (Lipinski definition) is 3. The first-order valence-electron chi connectivity index (χ1n) is 9.48. The highest BCUT2D eigenvalue weighted by atomic mass is 19.1. The number of carbonyl (C=O) groups excluding carboxylic acids is 1. The van der Waals surface area contributed by atoms with Gasteiger partial charge in [-0.2, -0.15) is 0 Å². The Morgan fingerprint density at radius 1 is 1.10 bits per heavy atom. The Balaban J connectivity index is 1.57. The predicted octanol–water partition coefficient (Wildman–Crippen LogP) is 2.82. The Hall–Kier alpha value is -3.16. The summed E-state index contributed by atoms with van der Waals surface area (Å²) in [7, 11) is 1.72. The number of amides is 1. The Morgan fingerprint density at radius 3 is 2.55 bits per heavy atom. The molecule has 1 fully saturated rings. The fraction of sp³-hybridized carbons (Fsp3) is 0.333. The summed E-state index contributed by atoms with van der Waals surface area (Å²) in [5.74, 6) is -0.225. The third-order valence-electron chi connectivity index (χ3n) is 4.74. The molecule has 0 radical (unpaired) electrons. The molecule has 154 valence electrons. The number of guanidine groups is 1. The van der Waals surface area contributed by atoms with Crippen molar-refractivity contribution in [3.63, 3.8) is 0 Å². The molecule has 1 heterocycles. The minimum absolute atomic E-state index is 0.112. The van der Waals surface area contributed by atoms with Gasteiger partial charge in [0.15, 0.2) is 5.96 Å². The second-order valence-corrected chi connectivity index (χ2v) is 6.85. The van der Waals surface area contributed by atoms with Crippen LogP contribution < -0.4 is 15.5 Å². The number of piperazine rings is 1. The van der Waals surface area contributed by atoms with Crippen LogP contribution in [0, 0.1) is 11.6 Å². The highest BCUT2D eigenvalue weighted by Gasteiger charge is 2.22. The van der Waals surface area contributed by atoms with Crippen LogP contribution in [0.1, 0.15) is 12.5 Å². The van der Waals surface area contributed by atoms with Crippen LogP contribution in [0.3, 0.4) is 0 Å². The molecule has 0 bridgehead atoms. The molecule has 1 amide bonds. The molecule has 2 aromatic rings. The van der Waals surface area contributed by atoms with Gasteiger partial charge in [0.1, 0.15) is 11.6 Å². The highest BCUT2D eigenvalue weighted by Crippen LogP contribution is 2.22. The molecule has 1 saturated heterocycles. The summed E-state index contributed by atoms with van der Waals surface area (Å²) >= 11 is 0. The average molecular weight is 401 g/mol. The maximum atomic E-state index is 14.0. The molecule has 29 heavy (non-hydrogen) atoms. The number of anilines is 2. The Labute approximate surface area is 169 Å². The summed E-state index contributed by atoms with van der Waals surface area (Å²) < 4.78 is 27.5. The number of hydrogen-bond donors (Lipinski definition) is 2. The smallest absolute Gasteiger partial charge is 0.221 e.